The number of ketones is 1. The standard InChI is InChI=1S/C16H19N3O/c1-2-19-16(17-11-18-19)10-15(20)14-8-7-12-5-3-4-6-13(12)9-14/h3-6,11,14H,2,7-10H2,1H3. The second kappa shape index (κ2) is 5.57. The van der Waals surface area contributed by atoms with Gasteiger partial charge >= 0.3 is 0 Å². The Kier molecular flexibility index (Phi) is 3.63. The fraction of sp³-hybridized carbons (Fsp3) is 0.438. The lowest BCUT2D eigenvalue weighted by Crippen LogP contribution is -2.25. The van der Waals surface area contributed by atoms with E-state index in [1.54, 1.807) is 4.68 Å². The largest absolute Gasteiger partial charge is 0.299 e. The number of carbonyl (C=O) groups is 1. The van der Waals surface area contributed by atoms with Gasteiger partial charge < -0.3 is 0 Å². The van der Waals surface area contributed by atoms with E-state index in [1.165, 1.54) is 17.5 Å². The molecule has 1 atom stereocenters. The van der Waals surface area contributed by atoms with Crippen molar-refractivity contribution in [3.05, 3.63) is 47.5 Å². The first kappa shape index (κ1) is 13.0. The Morgan fingerprint density at radius 1 is 1.35 bits per heavy atom. The summed E-state index contributed by atoms with van der Waals surface area (Å²) in [6.07, 6.45) is 4.77. The predicted octanol–water partition coefficient (Wildman–Crippen LogP) is 2.21. The Morgan fingerprint density at radius 3 is 2.95 bits per heavy atom. The highest BCUT2D eigenvalue weighted by molar-refractivity contribution is 5.83. The van der Waals surface area contributed by atoms with Crippen molar-refractivity contribution in [2.75, 3.05) is 0 Å². The number of benzene rings is 1. The molecule has 0 N–H and O–H groups in total. The molecule has 0 amide bonds. The zero-order valence-corrected chi connectivity index (χ0v) is 11.7. The van der Waals surface area contributed by atoms with E-state index in [0.29, 0.717) is 12.2 Å². The first-order chi connectivity index (χ1) is 9.78. The number of hydrogen-bond acceptors (Lipinski definition) is 3. The van der Waals surface area contributed by atoms with Gasteiger partial charge in [-0.1, -0.05) is 24.3 Å². The van der Waals surface area contributed by atoms with Crippen molar-refractivity contribution < 1.29 is 4.79 Å². The summed E-state index contributed by atoms with van der Waals surface area (Å²) < 4.78 is 1.80. The predicted molar refractivity (Wildman–Crippen MR) is 76.4 cm³/mol. The molecule has 1 aliphatic carbocycles. The lowest BCUT2D eigenvalue weighted by molar-refractivity contribution is -0.122. The molecule has 1 aromatic heterocycles. The molecule has 104 valence electrons. The maximum Gasteiger partial charge on any atom is 0.143 e. The fourth-order valence-electron chi connectivity index (χ4n) is 2.96. The monoisotopic (exact) mass is 269 g/mol. The van der Waals surface area contributed by atoms with Gasteiger partial charge in [-0.25, -0.2) is 9.67 Å². The smallest absolute Gasteiger partial charge is 0.143 e. The molecule has 0 saturated carbocycles. The summed E-state index contributed by atoms with van der Waals surface area (Å²) in [5.41, 5.74) is 2.72. The van der Waals surface area contributed by atoms with Crippen LogP contribution in [0.2, 0.25) is 0 Å². The van der Waals surface area contributed by atoms with E-state index in [-0.39, 0.29) is 5.92 Å². The molecule has 0 fully saturated rings. The number of carbonyl (C=O) groups excluding carboxylic acids is 1. The Bertz CT molecular complexity index is 618. The van der Waals surface area contributed by atoms with Crippen LogP contribution in [0.25, 0.3) is 0 Å². The topological polar surface area (TPSA) is 47.8 Å². The molecule has 20 heavy (non-hydrogen) atoms. The summed E-state index contributed by atoms with van der Waals surface area (Å²) in [6, 6.07) is 8.44. The van der Waals surface area contributed by atoms with Crippen LogP contribution in [0.1, 0.15) is 30.3 Å². The van der Waals surface area contributed by atoms with Crippen LogP contribution in [0.3, 0.4) is 0 Å². The van der Waals surface area contributed by atoms with Crippen LogP contribution in [-0.2, 0) is 30.6 Å². The van der Waals surface area contributed by atoms with Crippen molar-refractivity contribution in [1.29, 1.82) is 0 Å². The number of fused-ring (bicyclic) bond motifs is 1. The van der Waals surface area contributed by atoms with E-state index in [4.69, 9.17) is 0 Å². The lowest BCUT2D eigenvalue weighted by atomic mass is 9.81. The third-order valence-corrected chi connectivity index (χ3v) is 4.13. The average molecular weight is 269 g/mol. The number of aryl methyl sites for hydroxylation is 2. The molecule has 4 heteroatoms. The van der Waals surface area contributed by atoms with Crippen molar-refractivity contribution in [3.63, 3.8) is 0 Å². The van der Waals surface area contributed by atoms with Gasteiger partial charge in [0.15, 0.2) is 0 Å². The van der Waals surface area contributed by atoms with Gasteiger partial charge in [-0.3, -0.25) is 4.79 Å². The molecule has 0 radical (unpaired) electrons. The van der Waals surface area contributed by atoms with Gasteiger partial charge in [-0.2, -0.15) is 5.10 Å². The van der Waals surface area contributed by atoms with Crippen molar-refractivity contribution in [1.82, 2.24) is 14.8 Å². The molecule has 1 aliphatic rings. The van der Waals surface area contributed by atoms with E-state index in [1.807, 2.05) is 6.92 Å². The van der Waals surface area contributed by atoms with Crippen LogP contribution < -0.4 is 0 Å². The zero-order valence-electron chi connectivity index (χ0n) is 11.7. The molecule has 1 unspecified atom stereocenters. The Hall–Kier alpha value is -1.97. The van der Waals surface area contributed by atoms with E-state index >= 15 is 0 Å². The lowest BCUT2D eigenvalue weighted by Gasteiger charge is -2.23. The van der Waals surface area contributed by atoms with Gasteiger partial charge in [0.05, 0.1) is 6.42 Å². The van der Waals surface area contributed by atoms with Crippen LogP contribution in [-0.4, -0.2) is 20.5 Å². The number of hydrogen-bond donors (Lipinski definition) is 0. The molecule has 2 aromatic rings. The minimum atomic E-state index is 0.131. The molecule has 1 aromatic carbocycles. The molecule has 0 aliphatic heterocycles. The Labute approximate surface area is 118 Å². The zero-order chi connectivity index (χ0) is 13.9. The number of rotatable bonds is 4. The number of nitrogens with zero attached hydrogens (tertiary/aromatic N) is 3. The van der Waals surface area contributed by atoms with Crippen molar-refractivity contribution in [2.24, 2.45) is 5.92 Å². The fourth-order valence-corrected chi connectivity index (χ4v) is 2.96. The van der Waals surface area contributed by atoms with E-state index in [2.05, 4.69) is 34.3 Å². The first-order valence-electron chi connectivity index (χ1n) is 7.24. The summed E-state index contributed by atoms with van der Waals surface area (Å²) in [6.45, 7) is 2.77. The van der Waals surface area contributed by atoms with Gasteiger partial charge in [-0.05, 0) is 37.3 Å². The van der Waals surface area contributed by atoms with Crippen LogP contribution >= 0.6 is 0 Å². The minimum Gasteiger partial charge on any atom is -0.299 e. The van der Waals surface area contributed by atoms with Gasteiger partial charge in [0.25, 0.3) is 0 Å². The molecule has 0 bridgehead atoms. The van der Waals surface area contributed by atoms with Crippen molar-refractivity contribution in [2.45, 2.75) is 39.2 Å². The summed E-state index contributed by atoms with van der Waals surface area (Å²) >= 11 is 0. The minimum absolute atomic E-state index is 0.131. The Balaban J connectivity index is 1.70. The second-order valence-electron chi connectivity index (χ2n) is 5.34. The molecule has 0 saturated heterocycles. The molecule has 4 nitrogen and oxygen atoms in total. The second-order valence-corrected chi connectivity index (χ2v) is 5.34. The van der Waals surface area contributed by atoms with E-state index in [9.17, 15) is 4.79 Å². The molecular formula is C16H19N3O. The van der Waals surface area contributed by atoms with Gasteiger partial charge in [0.2, 0.25) is 0 Å². The van der Waals surface area contributed by atoms with Crippen LogP contribution in [0.5, 0.6) is 0 Å². The highest BCUT2D eigenvalue weighted by Gasteiger charge is 2.25. The van der Waals surface area contributed by atoms with Gasteiger partial charge in [0, 0.05) is 12.5 Å². The average Bonchev–Trinajstić information content (AvgIpc) is 2.94. The van der Waals surface area contributed by atoms with Crippen LogP contribution in [0, 0.1) is 5.92 Å². The van der Waals surface area contributed by atoms with Crippen molar-refractivity contribution >= 4 is 5.78 Å². The number of aromatic nitrogens is 3. The quantitative estimate of drug-likeness (QED) is 0.855. The molecular weight excluding hydrogens is 250 g/mol. The molecule has 1 heterocycles. The normalized spacial score (nSPS) is 17.8. The maximum absolute atomic E-state index is 12.5. The van der Waals surface area contributed by atoms with Gasteiger partial charge in [0.1, 0.15) is 17.9 Å². The number of Topliss-reactive ketones (excluding diaryl/α,β-unsaturated/α-hetero) is 1. The van der Waals surface area contributed by atoms with Crippen LogP contribution in [0.4, 0.5) is 0 Å². The van der Waals surface area contributed by atoms with E-state index < -0.39 is 0 Å². The van der Waals surface area contributed by atoms with E-state index in [0.717, 1.165) is 31.6 Å². The molecule has 0 spiro atoms. The summed E-state index contributed by atoms with van der Waals surface area (Å²) in [5.74, 6) is 1.21. The first-order valence-corrected chi connectivity index (χ1v) is 7.24. The highest BCUT2D eigenvalue weighted by Crippen LogP contribution is 2.26. The summed E-state index contributed by atoms with van der Waals surface area (Å²) in [4.78, 5) is 16.7. The SMILES string of the molecule is CCn1ncnc1CC(=O)C1CCc2ccccc2C1. The van der Waals surface area contributed by atoms with Gasteiger partial charge in [-0.15, -0.1) is 0 Å². The molecule has 3 rings (SSSR count). The van der Waals surface area contributed by atoms with Crippen LogP contribution in [0.15, 0.2) is 30.6 Å². The highest BCUT2D eigenvalue weighted by atomic mass is 16.1. The third-order valence-electron chi connectivity index (χ3n) is 4.13. The summed E-state index contributed by atoms with van der Waals surface area (Å²) in [5, 5.41) is 4.12. The Morgan fingerprint density at radius 2 is 2.15 bits per heavy atom. The van der Waals surface area contributed by atoms with Crippen molar-refractivity contribution in [3.8, 4) is 0 Å². The third kappa shape index (κ3) is 2.50. The summed E-state index contributed by atoms with van der Waals surface area (Å²) in [7, 11) is 0. The maximum atomic E-state index is 12.5.